The third-order valence-electron chi connectivity index (χ3n) is 10.1. The molecule has 1 unspecified atom stereocenters. The maximum atomic E-state index is 12.8. The number of carbonyl (C=O) groups is 3. The summed E-state index contributed by atoms with van der Waals surface area (Å²) in [5.74, 6) is -1.06. The van der Waals surface area contributed by atoms with Crippen LogP contribution in [0.15, 0.2) is 146 Å². The predicted molar refractivity (Wildman–Crippen MR) is 279 cm³/mol. The third kappa shape index (κ3) is 50.2. The predicted octanol–water partition coefficient (Wildman–Crippen LogP) is 16.9. The van der Waals surface area contributed by atoms with Crippen molar-refractivity contribution in [2.45, 2.75) is 194 Å². The van der Waals surface area contributed by atoms with Crippen LogP contribution in [0.5, 0.6) is 0 Å². The van der Waals surface area contributed by atoms with Crippen molar-refractivity contribution >= 4 is 17.9 Å². The first kappa shape index (κ1) is 60.3. The van der Waals surface area contributed by atoms with Gasteiger partial charge in [0.15, 0.2) is 6.10 Å². The molecule has 0 amide bonds. The number of ether oxygens (including phenoxy) is 3. The summed E-state index contributed by atoms with van der Waals surface area (Å²) in [5.41, 5.74) is 0. The number of hydrogen-bond donors (Lipinski definition) is 0. The van der Waals surface area contributed by atoms with E-state index in [1.54, 1.807) is 0 Å². The standard InChI is InChI=1S/C59H90O6/c1-4-7-10-13-16-19-22-25-27-28-29-30-32-34-37-40-43-46-49-52-58(61)64-55-56(54-63-57(60)51-48-45-42-39-36-33-24-21-18-15-12-9-6-3)65-59(62)53-50-47-44-41-38-35-31-26-23-20-17-14-11-8-5-2/h7-8,10-11,13-14,16-17,19-20,22-23,25,27-30,32-34,36-37,42,45,56H,4-6,9,12,15,18,21,24,26,31,35,38-41,43-44,46-55H2,1-3H3/b10-7+,11-8+,16-13+,17-14+,22-19+,23-20+,27-25+,29-28+,32-30+,36-33+,37-34+,45-42+. The molecule has 0 saturated carbocycles. The summed E-state index contributed by atoms with van der Waals surface area (Å²) in [4.78, 5) is 37.9. The fraction of sp³-hybridized carbons (Fsp3) is 0.542. The minimum absolute atomic E-state index is 0.130. The van der Waals surface area contributed by atoms with E-state index in [0.717, 1.165) is 77.0 Å². The van der Waals surface area contributed by atoms with E-state index in [2.05, 4.69) is 87.6 Å². The number of allylic oxidation sites excluding steroid dienone is 24. The van der Waals surface area contributed by atoms with E-state index < -0.39 is 6.10 Å². The highest BCUT2D eigenvalue weighted by Crippen LogP contribution is 2.13. The van der Waals surface area contributed by atoms with E-state index in [1.807, 2.05) is 79.0 Å². The van der Waals surface area contributed by atoms with Gasteiger partial charge in [-0.1, -0.05) is 237 Å². The topological polar surface area (TPSA) is 78.9 Å². The summed E-state index contributed by atoms with van der Waals surface area (Å²) in [7, 11) is 0. The van der Waals surface area contributed by atoms with E-state index >= 15 is 0 Å². The molecule has 1 atom stereocenters. The molecule has 0 saturated heterocycles. The maximum Gasteiger partial charge on any atom is 0.306 e. The van der Waals surface area contributed by atoms with Crippen LogP contribution < -0.4 is 0 Å². The first-order chi connectivity index (χ1) is 32.0. The van der Waals surface area contributed by atoms with Gasteiger partial charge in [0.05, 0.1) is 0 Å². The van der Waals surface area contributed by atoms with Crippen LogP contribution in [0, 0.1) is 0 Å². The first-order valence-electron chi connectivity index (χ1n) is 25.5. The highest BCUT2D eigenvalue weighted by molar-refractivity contribution is 5.71. The van der Waals surface area contributed by atoms with Gasteiger partial charge in [0, 0.05) is 19.3 Å². The summed E-state index contributed by atoms with van der Waals surface area (Å²) in [6.07, 6.45) is 74.1. The van der Waals surface area contributed by atoms with Crippen molar-refractivity contribution < 1.29 is 28.6 Å². The normalized spacial score (nSPS) is 13.3. The molecule has 0 N–H and O–H groups in total. The molecular weight excluding hydrogens is 805 g/mol. The Morgan fingerprint density at radius 1 is 0.338 bits per heavy atom. The summed E-state index contributed by atoms with van der Waals surface area (Å²) in [6.45, 7) is 6.22. The molecule has 0 heterocycles. The SMILES string of the molecule is CC/C=C/C=C/C=C/C=C/C=C/C=C/C=C/CCCCCC(=O)OCC(COC(=O)CC/C=C/C/C=C/CCCCCCCC)OC(=O)CCCCCCCCC/C=C/C=C/C=C/CC. The first-order valence-corrected chi connectivity index (χ1v) is 25.5. The fourth-order valence-corrected chi connectivity index (χ4v) is 6.30. The third-order valence-corrected chi connectivity index (χ3v) is 10.1. The Labute approximate surface area is 397 Å². The molecule has 0 radical (unpaired) electrons. The molecule has 0 aromatic rings. The zero-order valence-corrected chi connectivity index (χ0v) is 41.2. The van der Waals surface area contributed by atoms with Crippen molar-refractivity contribution in [3.8, 4) is 0 Å². The number of rotatable bonds is 43. The van der Waals surface area contributed by atoms with Gasteiger partial charge in [-0.3, -0.25) is 14.4 Å². The Morgan fingerprint density at radius 3 is 1.17 bits per heavy atom. The van der Waals surface area contributed by atoms with Crippen molar-refractivity contribution in [2.75, 3.05) is 13.2 Å². The summed E-state index contributed by atoms with van der Waals surface area (Å²) >= 11 is 0. The lowest BCUT2D eigenvalue weighted by Crippen LogP contribution is -2.30. The average Bonchev–Trinajstić information content (AvgIpc) is 3.30. The number of unbranched alkanes of at least 4 members (excludes halogenated alkanes) is 16. The van der Waals surface area contributed by atoms with Crippen molar-refractivity contribution in [1.82, 2.24) is 0 Å². The molecule has 0 fully saturated rings. The second-order valence-corrected chi connectivity index (χ2v) is 16.2. The van der Waals surface area contributed by atoms with Gasteiger partial charge in [0.2, 0.25) is 0 Å². The quantitative estimate of drug-likeness (QED) is 0.0199. The molecule has 0 rings (SSSR count). The van der Waals surface area contributed by atoms with Gasteiger partial charge in [-0.2, -0.15) is 0 Å². The second kappa shape index (κ2) is 51.9. The molecule has 0 aliphatic carbocycles. The lowest BCUT2D eigenvalue weighted by atomic mass is 10.1. The molecular formula is C59H90O6. The molecule has 0 aromatic heterocycles. The summed E-state index contributed by atoms with van der Waals surface area (Å²) < 4.78 is 16.7. The Morgan fingerprint density at radius 2 is 0.692 bits per heavy atom. The van der Waals surface area contributed by atoms with Gasteiger partial charge < -0.3 is 14.2 Å². The molecule has 6 nitrogen and oxygen atoms in total. The van der Waals surface area contributed by atoms with E-state index in [4.69, 9.17) is 14.2 Å². The van der Waals surface area contributed by atoms with Crippen molar-refractivity contribution in [2.24, 2.45) is 0 Å². The van der Waals surface area contributed by atoms with Gasteiger partial charge in [-0.15, -0.1) is 0 Å². The Kier molecular flexibility index (Phi) is 48.2. The van der Waals surface area contributed by atoms with Crippen LogP contribution in [-0.2, 0) is 28.6 Å². The molecule has 0 aromatic carbocycles. The van der Waals surface area contributed by atoms with Gasteiger partial charge >= 0.3 is 17.9 Å². The highest BCUT2D eigenvalue weighted by atomic mass is 16.6. The van der Waals surface area contributed by atoms with E-state index in [-0.39, 0.29) is 50.4 Å². The van der Waals surface area contributed by atoms with Crippen LogP contribution in [-0.4, -0.2) is 37.2 Å². The smallest absolute Gasteiger partial charge is 0.306 e. The van der Waals surface area contributed by atoms with Gasteiger partial charge in [-0.25, -0.2) is 0 Å². The maximum absolute atomic E-state index is 12.8. The number of esters is 3. The minimum Gasteiger partial charge on any atom is -0.462 e. The molecule has 0 aliphatic rings. The van der Waals surface area contributed by atoms with Crippen molar-refractivity contribution in [3.05, 3.63) is 146 Å². The largest absolute Gasteiger partial charge is 0.462 e. The van der Waals surface area contributed by atoms with Gasteiger partial charge in [0.25, 0.3) is 0 Å². The second-order valence-electron chi connectivity index (χ2n) is 16.2. The highest BCUT2D eigenvalue weighted by Gasteiger charge is 2.19. The van der Waals surface area contributed by atoms with E-state index in [1.165, 1.54) is 57.8 Å². The van der Waals surface area contributed by atoms with Crippen LogP contribution >= 0.6 is 0 Å². The van der Waals surface area contributed by atoms with Crippen molar-refractivity contribution in [1.29, 1.82) is 0 Å². The van der Waals surface area contributed by atoms with Crippen LogP contribution in [0.1, 0.15) is 188 Å². The Balaban J connectivity index is 4.60. The zero-order valence-electron chi connectivity index (χ0n) is 41.2. The number of carbonyl (C=O) groups excluding carboxylic acids is 3. The monoisotopic (exact) mass is 895 g/mol. The van der Waals surface area contributed by atoms with Crippen LogP contribution in [0.3, 0.4) is 0 Å². The molecule has 0 aliphatic heterocycles. The zero-order chi connectivity index (χ0) is 47.2. The lowest BCUT2D eigenvalue weighted by molar-refractivity contribution is -0.166. The molecule has 0 spiro atoms. The molecule has 362 valence electrons. The van der Waals surface area contributed by atoms with E-state index in [9.17, 15) is 14.4 Å². The average molecular weight is 895 g/mol. The molecule has 0 bridgehead atoms. The van der Waals surface area contributed by atoms with Gasteiger partial charge in [0.1, 0.15) is 13.2 Å². The van der Waals surface area contributed by atoms with Crippen molar-refractivity contribution in [3.63, 3.8) is 0 Å². The minimum atomic E-state index is -0.832. The number of hydrogen-bond acceptors (Lipinski definition) is 6. The van der Waals surface area contributed by atoms with Crippen LogP contribution in [0.25, 0.3) is 0 Å². The molecule has 6 heteroatoms. The molecule has 65 heavy (non-hydrogen) atoms. The van der Waals surface area contributed by atoms with Gasteiger partial charge in [-0.05, 0) is 77.0 Å². The Bertz CT molecular complexity index is 1490. The summed E-state index contributed by atoms with van der Waals surface area (Å²) in [5, 5.41) is 0. The van der Waals surface area contributed by atoms with Crippen LogP contribution in [0.4, 0.5) is 0 Å². The Hall–Kier alpha value is -4.71. The summed E-state index contributed by atoms with van der Waals surface area (Å²) in [6, 6.07) is 0. The lowest BCUT2D eigenvalue weighted by Gasteiger charge is -2.18. The van der Waals surface area contributed by atoms with E-state index in [0.29, 0.717) is 12.8 Å². The van der Waals surface area contributed by atoms with Crippen LogP contribution in [0.2, 0.25) is 0 Å². The fourth-order valence-electron chi connectivity index (χ4n) is 6.30.